The summed E-state index contributed by atoms with van der Waals surface area (Å²) >= 11 is 1.63. The number of aromatic nitrogens is 1. The number of nitrogens with one attached hydrogen (secondary N) is 1. The maximum Gasteiger partial charge on any atom is 0.305 e. The molecule has 0 aliphatic rings. The quantitative estimate of drug-likeness (QED) is 0.174. The molecule has 0 saturated carbocycles. The Kier molecular flexibility index (Phi) is 9.19. The molecule has 7 heteroatoms. The highest BCUT2D eigenvalue weighted by Gasteiger charge is 2.21. The molecule has 41 heavy (non-hydrogen) atoms. The van der Waals surface area contributed by atoms with Gasteiger partial charge in [0.15, 0.2) is 5.13 Å². The van der Waals surface area contributed by atoms with Crippen molar-refractivity contribution in [1.82, 2.24) is 10.3 Å². The van der Waals surface area contributed by atoms with Crippen molar-refractivity contribution in [3.63, 3.8) is 0 Å². The minimum absolute atomic E-state index is 0.0951. The highest BCUT2D eigenvalue weighted by Crippen LogP contribution is 2.32. The highest BCUT2D eigenvalue weighted by atomic mass is 32.1. The number of aliphatic carboxylic acids is 1. The van der Waals surface area contributed by atoms with Crippen LogP contribution in [0.2, 0.25) is 0 Å². The van der Waals surface area contributed by atoms with Gasteiger partial charge in [-0.05, 0) is 28.8 Å². The first-order valence-corrected chi connectivity index (χ1v) is 14.4. The molecule has 0 spiro atoms. The molecule has 0 bridgehead atoms. The zero-order valence-corrected chi connectivity index (χ0v) is 23.3. The van der Waals surface area contributed by atoms with Gasteiger partial charge in [-0.15, -0.1) is 11.3 Å². The first-order chi connectivity index (χ1) is 20.1. The molecule has 5 rings (SSSR count). The normalized spacial score (nSPS) is 10.9. The van der Waals surface area contributed by atoms with Gasteiger partial charge in [0, 0.05) is 42.1 Å². The predicted molar refractivity (Wildman–Crippen MR) is 164 cm³/mol. The average Bonchev–Trinajstić information content (AvgIpc) is 3.51. The summed E-state index contributed by atoms with van der Waals surface area (Å²) in [6, 6.07) is 38.7. The summed E-state index contributed by atoms with van der Waals surface area (Å²) in [5.74, 6) is -1.10. The van der Waals surface area contributed by atoms with E-state index in [1.54, 1.807) is 23.5 Å². The zero-order chi connectivity index (χ0) is 28.4. The van der Waals surface area contributed by atoms with Gasteiger partial charge in [0.1, 0.15) is 0 Å². The third-order valence-corrected chi connectivity index (χ3v) is 7.75. The summed E-state index contributed by atoms with van der Waals surface area (Å²) in [7, 11) is 0. The van der Waals surface area contributed by atoms with Gasteiger partial charge >= 0.3 is 5.97 Å². The second-order valence-corrected chi connectivity index (χ2v) is 10.6. The number of carbonyl (C=O) groups is 2. The molecule has 0 fully saturated rings. The number of anilines is 1. The van der Waals surface area contributed by atoms with Crippen molar-refractivity contribution in [1.29, 1.82) is 0 Å². The van der Waals surface area contributed by atoms with Gasteiger partial charge in [0.25, 0.3) is 5.91 Å². The largest absolute Gasteiger partial charge is 0.481 e. The van der Waals surface area contributed by atoms with Crippen LogP contribution in [0.15, 0.2) is 121 Å². The van der Waals surface area contributed by atoms with E-state index in [-0.39, 0.29) is 24.8 Å². The van der Waals surface area contributed by atoms with Gasteiger partial charge in [-0.3, -0.25) is 9.59 Å². The van der Waals surface area contributed by atoms with Crippen molar-refractivity contribution >= 4 is 28.3 Å². The molecule has 6 nitrogen and oxygen atoms in total. The van der Waals surface area contributed by atoms with E-state index in [9.17, 15) is 9.59 Å². The van der Waals surface area contributed by atoms with E-state index in [0.717, 1.165) is 22.0 Å². The van der Waals surface area contributed by atoms with Crippen LogP contribution < -0.4 is 10.2 Å². The van der Waals surface area contributed by atoms with Crippen molar-refractivity contribution in [2.24, 2.45) is 0 Å². The van der Waals surface area contributed by atoms with Gasteiger partial charge in [0.05, 0.1) is 12.1 Å². The number of carboxylic acid groups (broad SMARTS) is 1. The highest BCUT2D eigenvalue weighted by molar-refractivity contribution is 7.14. The number of benzene rings is 4. The molecule has 4 aromatic carbocycles. The molecule has 1 aromatic heterocycles. The number of amides is 1. The number of rotatable bonds is 12. The summed E-state index contributed by atoms with van der Waals surface area (Å²) in [6.45, 7) is 1.42. The van der Waals surface area contributed by atoms with E-state index in [1.165, 1.54) is 11.1 Å². The lowest BCUT2D eigenvalue weighted by atomic mass is 9.91. The molecule has 0 aliphatic heterocycles. The summed E-state index contributed by atoms with van der Waals surface area (Å²) < 4.78 is 0. The molecular formula is C34H31N3O3S. The Bertz CT molecular complexity index is 1520. The van der Waals surface area contributed by atoms with Gasteiger partial charge in [0.2, 0.25) is 0 Å². The number of carbonyl (C=O) groups excluding carboxylic acids is 1. The van der Waals surface area contributed by atoms with Crippen LogP contribution in [0, 0.1) is 0 Å². The fourth-order valence-corrected chi connectivity index (χ4v) is 5.57. The van der Waals surface area contributed by atoms with E-state index >= 15 is 0 Å². The molecule has 0 radical (unpaired) electrons. The first-order valence-electron chi connectivity index (χ1n) is 13.5. The van der Waals surface area contributed by atoms with Crippen molar-refractivity contribution < 1.29 is 14.7 Å². The number of hydrogen-bond acceptors (Lipinski definition) is 5. The number of carboxylic acids is 1. The molecule has 206 valence electrons. The maximum absolute atomic E-state index is 12.5. The van der Waals surface area contributed by atoms with Crippen molar-refractivity contribution in [3.8, 4) is 11.3 Å². The van der Waals surface area contributed by atoms with E-state index in [4.69, 9.17) is 10.1 Å². The summed E-state index contributed by atoms with van der Waals surface area (Å²) in [4.78, 5) is 30.6. The van der Waals surface area contributed by atoms with Crippen LogP contribution in [0.5, 0.6) is 0 Å². The van der Waals surface area contributed by atoms with E-state index in [0.29, 0.717) is 18.7 Å². The van der Waals surface area contributed by atoms with Crippen LogP contribution in [0.1, 0.15) is 39.4 Å². The fourth-order valence-electron chi connectivity index (χ4n) is 4.72. The van der Waals surface area contributed by atoms with Crippen LogP contribution in [0.3, 0.4) is 0 Å². The SMILES string of the molecule is O=C(O)CCNC(=O)c1ccc(CN(CC(c2ccccc2)c2ccccc2)c2nc(-c3ccccc3)cs2)cc1. The van der Waals surface area contributed by atoms with E-state index in [2.05, 4.69) is 76.3 Å². The third-order valence-electron chi connectivity index (χ3n) is 6.85. The second-order valence-electron chi connectivity index (χ2n) is 9.73. The van der Waals surface area contributed by atoms with E-state index < -0.39 is 5.97 Å². The second kappa shape index (κ2) is 13.5. The summed E-state index contributed by atoms with van der Waals surface area (Å²) in [5, 5.41) is 14.5. The van der Waals surface area contributed by atoms with Gasteiger partial charge in [-0.25, -0.2) is 4.98 Å². The monoisotopic (exact) mass is 561 g/mol. The Morgan fingerprint density at radius 2 is 1.39 bits per heavy atom. The topological polar surface area (TPSA) is 82.5 Å². The predicted octanol–water partition coefficient (Wildman–Crippen LogP) is 6.85. The van der Waals surface area contributed by atoms with E-state index in [1.807, 2.05) is 42.5 Å². The molecule has 2 N–H and O–H groups in total. The molecule has 1 heterocycles. The van der Waals surface area contributed by atoms with Crippen LogP contribution >= 0.6 is 11.3 Å². The lowest BCUT2D eigenvalue weighted by Gasteiger charge is -2.28. The molecule has 0 unspecified atom stereocenters. The average molecular weight is 562 g/mol. The standard InChI is InChI=1S/C34H31N3O3S/c38-32(39)20-21-35-33(40)29-18-16-25(17-19-29)22-37(34-36-31(24-41-34)28-14-8-3-9-15-28)23-30(26-10-4-1-5-11-26)27-12-6-2-7-13-27/h1-19,24,30H,20-23H2,(H,35,40)(H,38,39). The Balaban J connectivity index is 1.43. The van der Waals surface area contributed by atoms with Crippen molar-refractivity contribution in [2.75, 3.05) is 18.0 Å². The fraction of sp³-hybridized carbons (Fsp3) is 0.147. The van der Waals surface area contributed by atoms with Gasteiger partial charge in [-0.2, -0.15) is 0 Å². The van der Waals surface area contributed by atoms with Gasteiger partial charge in [-0.1, -0.05) is 103 Å². The minimum Gasteiger partial charge on any atom is -0.481 e. The molecule has 0 atom stereocenters. The van der Waals surface area contributed by atoms with Crippen molar-refractivity contribution in [3.05, 3.63) is 143 Å². The first kappa shape index (κ1) is 27.8. The van der Waals surface area contributed by atoms with Crippen LogP contribution in [-0.2, 0) is 11.3 Å². The third kappa shape index (κ3) is 7.47. The Labute approximate surface area is 244 Å². The van der Waals surface area contributed by atoms with Gasteiger partial charge < -0.3 is 15.3 Å². The smallest absolute Gasteiger partial charge is 0.305 e. The molecular weight excluding hydrogens is 530 g/mol. The van der Waals surface area contributed by atoms with Crippen LogP contribution in [0.25, 0.3) is 11.3 Å². The number of nitrogens with zero attached hydrogens (tertiary/aromatic N) is 2. The molecule has 1 amide bonds. The van der Waals surface area contributed by atoms with Crippen LogP contribution in [0.4, 0.5) is 5.13 Å². The molecule has 0 aliphatic carbocycles. The summed E-state index contributed by atoms with van der Waals surface area (Å²) in [6.07, 6.45) is -0.110. The van der Waals surface area contributed by atoms with Crippen LogP contribution in [-0.4, -0.2) is 35.1 Å². The maximum atomic E-state index is 12.5. The number of hydrogen-bond donors (Lipinski definition) is 2. The van der Waals surface area contributed by atoms with Crippen molar-refractivity contribution in [2.45, 2.75) is 18.9 Å². The number of thiazole rings is 1. The Morgan fingerprint density at radius 3 is 1.98 bits per heavy atom. The Hall–Kier alpha value is -4.75. The Morgan fingerprint density at radius 1 is 0.805 bits per heavy atom. The summed E-state index contributed by atoms with van der Waals surface area (Å²) in [5.41, 5.74) is 6.03. The molecule has 5 aromatic rings. The minimum atomic E-state index is -0.942. The lowest BCUT2D eigenvalue weighted by Crippen LogP contribution is -2.29. The lowest BCUT2D eigenvalue weighted by molar-refractivity contribution is -0.136. The zero-order valence-electron chi connectivity index (χ0n) is 22.5. The molecule has 0 saturated heterocycles.